The highest BCUT2D eigenvalue weighted by atomic mass is 16.4. The Morgan fingerprint density at radius 3 is 2.73 bits per heavy atom. The first-order valence-electron chi connectivity index (χ1n) is 3.31. The molecule has 0 atom stereocenters. The smallest absolute Gasteiger partial charge is 0.323 e. The van der Waals surface area contributed by atoms with Gasteiger partial charge in [0.05, 0.1) is 12.0 Å². The Labute approximate surface area is 64.5 Å². The average molecular weight is 154 g/mol. The molecule has 0 saturated heterocycles. The van der Waals surface area contributed by atoms with Gasteiger partial charge >= 0.3 is 5.97 Å². The first kappa shape index (κ1) is 7.78. The highest BCUT2D eigenvalue weighted by Crippen LogP contribution is 2.02. The standard InChI is InChI=1S/C7H10N2O2/c1-5-6(2)9(4-8-5)3-7(10)11/h4H,3H2,1-2H3,(H,10,11). The van der Waals surface area contributed by atoms with E-state index in [9.17, 15) is 4.79 Å². The minimum atomic E-state index is -0.842. The number of hydrogen-bond donors (Lipinski definition) is 1. The Hall–Kier alpha value is -1.32. The van der Waals surface area contributed by atoms with Crippen LogP contribution in [0, 0.1) is 13.8 Å². The summed E-state index contributed by atoms with van der Waals surface area (Å²) in [4.78, 5) is 14.3. The maximum Gasteiger partial charge on any atom is 0.323 e. The minimum absolute atomic E-state index is 0.00727. The molecule has 1 heterocycles. The van der Waals surface area contributed by atoms with Crippen LogP contribution in [-0.2, 0) is 11.3 Å². The third kappa shape index (κ3) is 1.58. The number of aromatic nitrogens is 2. The van der Waals surface area contributed by atoms with Crippen molar-refractivity contribution in [1.82, 2.24) is 9.55 Å². The van der Waals surface area contributed by atoms with E-state index in [0.29, 0.717) is 0 Å². The van der Waals surface area contributed by atoms with Crippen LogP contribution in [0.25, 0.3) is 0 Å². The Balaban J connectivity index is 2.87. The maximum absolute atomic E-state index is 10.3. The Morgan fingerprint density at radius 2 is 2.36 bits per heavy atom. The van der Waals surface area contributed by atoms with Crippen LogP contribution in [0.4, 0.5) is 0 Å². The molecule has 0 fully saturated rings. The molecule has 0 unspecified atom stereocenters. The topological polar surface area (TPSA) is 55.1 Å². The third-order valence-corrected chi connectivity index (χ3v) is 1.65. The van der Waals surface area contributed by atoms with Gasteiger partial charge in [-0.2, -0.15) is 0 Å². The van der Waals surface area contributed by atoms with Crippen LogP contribution < -0.4 is 0 Å². The van der Waals surface area contributed by atoms with Gasteiger partial charge in [-0.25, -0.2) is 4.98 Å². The van der Waals surface area contributed by atoms with Gasteiger partial charge in [0.15, 0.2) is 0 Å². The summed E-state index contributed by atoms with van der Waals surface area (Å²) in [6.45, 7) is 3.70. The lowest BCUT2D eigenvalue weighted by Crippen LogP contribution is -2.08. The SMILES string of the molecule is Cc1ncn(CC(=O)O)c1C. The molecular weight excluding hydrogens is 144 g/mol. The lowest BCUT2D eigenvalue weighted by molar-refractivity contribution is -0.137. The highest BCUT2D eigenvalue weighted by Gasteiger charge is 2.04. The monoisotopic (exact) mass is 154 g/mol. The zero-order chi connectivity index (χ0) is 8.43. The second-order valence-electron chi connectivity index (χ2n) is 2.44. The van der Waals surface area contributed by atoms with E-state index >= 15 is 0 Å². The van der Waals surface area contributed by atoms with Crippen molar-refractivity contribution in [2.24, 2.45) is 0 Å². The normalized spacial score (nSPS) is 10.0. The van der Waals surface area contributed by atoms with Crippen molar-refractivity contribution in [3.05, 3.63) is 17.7 Å². The molecule has 0 saturated carbocycles. The molecule has 60 valence electrons. The van der Waals surface area contributed by atoms with Gasteiger partial charge in [0.2, 0.25) is 0 Å². The van der Waals surface area contributed by atoms with Gasteiger partial charge in [0.1, 0.15) is 6.54 Å². The van der Waals surface area contributed by atoms with Gasteiger partial charge < -0.3 is 9.67 Å². The van der Waals surface area contributed by atoms with Gasteiger partial charge in [-0.05, 0) is 13.8 Å². The quantitative estimate of drug-likeness (QED) is 0.678. The second kappa shape index (κ2) is 2.74. The van der Waals surface area contributed by atoms with E-state index < -0.39 is 5.97 Å². The first-order chi connectivity index (χ1) is 5.11. The summed E-state index contributed by atoms with van der Waals surface area (Å²) in [5, 5.41) is 8.45. The first-order valence-corrected chi connectivity index (χ1v) is 3.31. The van der Waals surface area contributed by atoms with Crippen molar-refractivity contribution in [2.45, 2.75) is 20.4 Å². The van der Waals surface area contributed by atoms with Crippen molar-refractivity contribution in [3.63, 3.8) is 0 Å². The fraction of sp³-hybridized carbons (Fsp3) is 0.429. The van der Waals surface area contributed by atoms with Crippen LogP contribution >= 0.6 is 0 Å². The number of carbonyl (C=O) groups is 1. The average Bonchev–Trinajstić information content (AvgIpc) is 2.18. The molecule has 0 bridgehead atoms. The number of carboxylic acids is 1. The molecule has 0 amide bonds. The molecule has 0 aliphatic carbocycles. The summed E-state index contributed by atoms with van der Waals surface area (Å²) in [5.41, 5.74) is 1.79. The zero-order valence-electron chi connectivity index (χ0n) is 6.53. The molecule has 0 spiro atoms. The van der Waals surface area contributed by atoms with Crippen LogP contribution in [0.5, 0.6) is 0 Å². The van der Waals surface area contributed by atoms with Crippen LogP contribution in [0.2, 0.25) is 0 Å². The number of aliphatic carboxylic acids is 1. The summed E-state index contributed by atoms with van der Waals surface area (Å²) in [7, 11) is 0. The van der Waals surface area contributed by atoms with Gasteiger partial charge in [-0.1, -0.05) is 0 Å². The van der Waals surface area contributed by atoms with Crippen LogP contribution in [0.1, 0.15) is 11.4 Å². The summed E-state index contributed by atoms with van der Waals surface area (Å²) < 4.78 is 1.61. The maximum atomic E-state index is 10.3. The summed E-state index contributed by atoms with van der Waals surface area (Å²) in [6, 6.07) is 0. The summed E-state index contributed by atoms with van der Waals surface area (Å²) in [5.74, 6) is -0.842. The van der Waals surface area contributed by atoms with E-state index in [1.54, 1.807) is 10.9 Å². The van der Waals surface area contributed by atoms with E-state index in [0.717, 1.165) is 11.4 Å². The number of nitrogens with zero attached hydrogens (tertiary/aromatic N) is 2. The number of aryl methyl sites for hydroxylation is 1. The molecule has 11 heavy (non-hydrogen) atoms. The van der Waals surface area contributed by atoms with E-state index in [1.807, 2.05) is 13.8 Å². The molecule has 1 rings (SSSR count). The molecule has 0 aromatic carbocycles. The highest BCUT2D eigenvalue weighted by molar-refractivity contribution is 5.66. The van der Waals surface area contributed by atoms with Gasteiger partial charge in [-0.3, -0.25) is 4.79 Å². The number of carboxylic acid groups (broad SMARTS) is 1. The van der Waals surface area contributed by atoms with E-state index in [1.165, 1.54) is 0 Å². The third-order valence-electron chi connectivity index (χ3n) is 1.65. The molecule has 1 N–H and O–H groups in total. The van der Waals surface area contributed by atoms with E-state index in [-0.39, 0.29) is 6.54 Å². The predicted octanol–water partition coefficient (Wildman–Crippen LogP) is 0.585. The Morgan fingerprint density at radius 1 is 1.73 bits per heavy atom. The Kier molecular flexibility index (Phi) is 1.94. The lowest BCUT2D eigenvalue weighted by atomic mass is 10.4. The molecule has 0 radical (unpaired) electrons. The van der Waals surface area contributed by atoms with Crippen molar-refractivity contribution < 1.29 is 9.90 Å². The fourth-order valence-corrected chi connectivity index (χ4v) is 0.849. The number of rotatable bonds is 2. The minimum Gasteiger partial charge on any atom is -0.480 e. The van der Waals surface area contributed by atoms with Crippen LogP contribution in [0.15, 0.2) is 6.33 Å². The number of hydrogen-bond acceptors (Lipinski definition) is 2. The van der Waals surface area contributed by atoms with Gasteiger partial charge in [0, 0.05) is 5.69 Å². The van der Waals surface area contributed by atoms with E-state index in [4.69, 9.17) is 5.11 Å². The predicted molar refractivity (Wildman–Crippen MR) is 39.3 cm³/mol. The molecule has 1 aromatic heterocycles. The molecule has 4 nitrogen and oxygen atoms in total. The molecule has 0 aliphatic heterocycles. The zero-order valence-corrected chi connectivity index (χ0v) is 6.53. The summed E-state index contributed by atoms with van der Waals surface area (Å²) >= 11 is 0. The van der Waals surface area contributed by atoms with Crippen LogP contribution in [0.3, 0.4) is 0 Å². The van der Waals surface area contributed by atoms with Gasteiger partial charge in [0.25, 0.3) is 0 Å². The summed E-state index contributed by atoms with van der Waals surface area (Å²) in [6.07, 6.45) is 1.54. The molecule has 0 aliphatic rings. The van der Waals surface area contributed by atoms with E-state index in [2.05, 4.69) is 4.98 Å². The van der Waals surface area contributed by atoms with Gasteiger partial charge in [-0.15, -0.1) is 0 Å². The van der Waals surface area contributed by atoms with Crippen molar-refractivity contribution in [2.75, 3.05) is 0 Å². The van der Waals surface area contributed by atoms with Crippen molar-refractivity contribution in [3.8, 4) is 0 Å². The molecule has 1 aromatic rings. The molecular formula is C7H10N2O2. The Bertz CT molecular complexity index is 278. The van der Waals surface area contributed by atoms with Crippen LogP contribution in [-0.4, -0.2) is 20.6 Å². The second-order valence-corrected chi connectivity index (χ2v) is 2.44. The number of imidazole rings is 1. The largest absolute Gasteiger partial charge is 0.480 e. The van der Waals surface area contributed by atoms with Crippen molar-refractivity contribution >= 4 is 5.97 Å². The fourth-order valence-electron chi connectivity index (χ4n) is 0.849. The molecule has 4 heteroatoms. The lowest BCUT2D eigenvalue weighted by Gasteiger charge is -1.99. The van der Waals surface area contributed by atoms with Crippen molar-refractivity contribution in [1.29, 1.82) is 0 Å².